The summed E-state index contributed by atoms with van der Waals surface area (Å²) in [5.74, 6) is 1.50. The van der Waals surface area contributed by atoms with Gasteiger partial charge in [-0.2, -0.15) is 0 Å². The number of nitrogens with zero attached hydrogens (tertiary/aromatic N) is 3. The summed E-state index contributed by atoms with van der Waals surface area (Å²) >= 11 is 0. The van der Waals surface area contributed by atoms with Crippen molar-refractivity contribution >= 4 is 37.2 Å². The standard InChI is InChI=1S/C29H30F3N3O4P.CH5N.CH2O/c1-4-6-23(36)35(16-18-8-11-19(12-9-18)24-33-25(39-34-24)20-13-14-20)22-15-21(10-7-17(22)3)26-38-27(40-26)28(37,5-2)29(30,31)32;2*1-2/h7-12,15,20,37H,4-6,13-14,16H2,1-3H3;2H2,1H3;1H2/q+1;;. The first-order valence-electron chi connectivity index (χ1n) is 14.2. The van der Waals surface area contributed by atoms with Crippen LogP contribution < -0.4 is 10.6 Å². The molecule has 1 aromatic heterocycles. The molecule has 0 bridgehead atoms. The van der Waals surface area contributed by atoms with Crippen LogP contribution in [-0.4, -0.2) is 57.7 Å². The number of aryl methyl sites for hydroxylation is 1. The average Bonchev–Trinajstić information content (AvgIpc) is 3.74. The van der Waals surface area contributed by atoms with Gasteiger partial charge in [0.2, 0.25) is 5.89 Å². The number of anilines is 1. The third-order valence-corrected chi connectivity index (χ3v) is 8.38. The Hall–Kier alpha value is -3.44. The number of aliphatic hydroxyl groups is 1. The van der Waals surface area contributed by atoms with E-state index in [2.05, 4.69) is 15.9 Å². The predicted octanol–water partition coefficient (Wildman–Crippen LogP) is 5.93. The normalized spacial score (nSPS) is 15.5. The molecule has 13 heteroatoms. The number of amides is 1. The summed E-state index contributed by atoms with van der Waals surface area (Å²) in [7, 11) is 1.67. The molecular formula is C31H37F3N4O5P+. The van der Waals surface area contributed by atoms with Gasteiger partial charge in [-0.1, -0.05) is 0 Å². The number of aromatic nitrogens is 2. The van der Waals surface area contributed by atoms with Gasteiger partial charge in [0.1, 0.15) is 6.79 Å². The largest absolute Gasteiger partial charge is 0.333 e. The van der Waals surface area contributed by atoms with E-state index in [9.17, 15) is 23.1 Å². The van der Waals surface area contributed by atoms with E-state index in [1.54, 1.807) is 17.0 Å². The van der Waals surface area contributed by atoms with Crippen molar-refractivity contribution in [2.24, 2.45) is 5.73 Å². The molecule has 0 radical (unpaired) electrons. The summed E-state index contributed by atoms with van der Waals surface area (Å²) in [6.45, 7) is 7.37. The third-order valence-electron chi connectivity index (χ3n) is 7.16. The van der Waals surface area contributed by atoms with Gasteiger partial charge >= 0.3 is 202 Å². The Bertz CT molecular complexity index is 1520. The van der Waals surface area contributed by atoms with Crippen molar-refractivity contribution in [2.45, 2.75) is 77.1 Å². The molecule has 1 aliphatic heterocycles. The van der Waals surface area contributed by atoms with Gasteiger partial charge in [0.25, 0.3) is 0 Å². The van der Waals surface area contributed by atoms with Gasteiger partial charge in [0, 0.05) is 5.92 Å². The summed E-state index contributed by atoms with van der Waals surface area (Å²) in [4.78, 5) is 27.4. The van der Waals surface area contributed by atoms with Crippen LogP contribution in [0.3, 0.4) is 0 Å². The summed E-state index contributed by atoms with van der Waals surface area (Å²) < 4.78 is 51.1. The molecule has 5 rings (SSSR count). The van der Waals surface area contributed by atoms with Crippen LogP contribution in [0.25, 0.3) is 11.4 Å². The zero-order valence-electron chi connectivity index (χ0n) is 25.1. The third kappa shape index (κ3) is 7.61. The van der Waals surface area contributed by atoms with Gasteiger partial charge in [-0.3, -0.25) is 0 Å². The Labute approximate surface area is 255 Å². The number of ether oxygens (including phenoxy) is 1. The number of nitrogens with two attached hydrogens (primary N) is 1. The molecule has 1 amide bonds. The maximum Gasteiger partial charge on any atom is -0.0195 e. The van der Waals surface area contributed by atoms with Crippen molar-refractivity contribution in [1.29, 1.82) is 0 Å². The molecule has 3 N–H and O–H groups in total. The molecule has 9 nitrogen and oxygen atoms in total. The van der Waals surface area contributed by atoms with Crippen LogP contribution in [0.2, 0.25) is 0 Å². The monoisotopic (exact) mass is 633 g/mol. The molecule has 3 aromatic rings. The van der Waals surface area contributed by atoms with Crippen molar-refractivity contribution < 1.29 is 37.1 Å². The quantitative estimate of drug-likeness (QED) is 0.263. The zero-order valence-corrected chi connectivity index (χ0v) is 26.0. The van der Waals surface area contributed by atoms with Gasteiger partial charge < -0.3 is 15.1 Å². The van der Waals surface area contributed by atoms with E-state index < -0.39 is 23.7 Å². The summed E-state index contributed by atoms with van der Waals surface area (Å²) in [6, 6.07) is 12.9. The zero-order chi connectivity index (χ0) is 32.7. The second-order valence-electron chi connectivity index (χ2n) is 10.2. The first-order valence-corrected chi connectivity index (χ1v) is 15.1. The van der Waals surface area contributed by atoms with Crippen molar-refractivity contribution in [3.63, 3.8) is 0 Å². The van der Waals surface area contributed by atoms with Crippen LogP contribution in [0, 0.1) is 6.92 Å². The van der Waals surface area contributed by atoms with Crippen LogP contribution >= 0.6 is 7.83 Å². The number of hydrogen-bond acceptors (Lipinski definition) is 8. The van der Waals surface area contributed by atoms with Gasteiger partial charge in [-0.05, 0) is 19.9 Å². The predicted molar refractivity (Wildman–Crippen MR) is 165 cm³/mol. The molecule has 1 unspecified atom stereocenters. The second-order valence-corrected chi connectivity index (χ2v) is 11.2. The summed E-state index contributed by atoms with van der Waals surface area (Å²) in [6.07, 6.45) is -2.23. The summed E-state index contributed by atoms with van der Waals surface area (Å²) in [5, 5.41) is 14.3. The van der Waals surface area contributed by atoms with Crippen LogP contribution in [0.15, 0.2) is 47.0 Å². The fourth-order valence-corrected chi connectivity index (χ4v) is 5.51. The molecule has 236 valence electrons. The number of rotatable bonds is 10. The number of carbonyl (C=O) groups excluding carboxylic acids is 2. The minimum atomic E-state index is -4.84. The van der Waals surface area contributed by atoms with E-state index >= 15 is 0 Å². The maximum atomic E-state index is 13.4. The first kappa shape index (κ1) is 35.0. The van der Waals surface area contributed by atoms with Gasteiger partial charge in [0.05, 0.1) is 0 Å². The van der Waals surface area contributed by atoms with Gasteiger partial charge in [-0.25, -0.2) is 0 Å². The molecule has 1 fully saturated rings. The van der Waals surface area contributed by atoms with E-state index in [1.807, 2.05) is 51.0 Å². The SMILES string of the molecule is C=O.CCCC(=O)N(Cc1ccc(-c2noc(C3CC3)n2)cc1)c1cc(C2=[P+]=C(C(O)(CC)C(F)(F)F)O2)ccc1C.CN. The van der Waals surface area contributed by atoms with E-state index in [0.29, 0.717) is 53.7 Å². The Morgan fingerprint density at radius 1 is 1.11 bits per heavy atom. The first-order chi connectivity index (χ1) is 21.0. The fraction of sp³-hybridized carbons (Fsp3) is 0.419. The van der Waals surface area contributed by atoms with Crippen molar-refractivity contribution in [3.05, 3.63) is 65.0 Å². The van der Waals surface area contributed by atoms with Gasteiger partial charge in [-0.15, -0.1) is 0 Å². The van der Waals surface area contributed by atoms with E-state index in [-0.39, 0.29) is 13.7 Å². The fourth-order valence-electron chi connectivity index (χ4n) is 4.44. The second kappa shape index (κ2) is 15.0. The molecule has 2 heterocycles. The molecule has 2 aromatic carbocycles. The van der Waals surface area contributed by atoms with Gasteiger partial charge in [0.15, 0.2) is 0 Å². The number of carbonyl (C=O) groups is 2. The number of alkyl halides is 3. The molecule has 1 saturated carbocycles. The Morgan fingerprint density at radius 3 is 2.27 bits per heavy atom. The van der Waals surface area contributed by atoms with Crippen LogP contribution in [0.1, 0.15) is 74.5 Å². The maximum absolute atomic E-state index is 13.4. The molecule has 2 aliphatic rings. The van der Waals surface area contributed by atoms with Crippen molar-refractivity contribution in [2.75, 3.05) is 11.9 Å². The topological polar surface area (TPSA) is 132 Å². The Morgan fingerprint density at radius 2 is 1.73 bits per heavy atom. The van der Waals surface area contributed by atoms with Crippen LogP contribution in [0.5, 0.6) is 0 Å². The Kier molecular flexibility index (Phi) is 12.0. The van der Waals surface area contributed by atoms with E-state index in [4.69, 9.17) is 14.1 Å². The summed E-state index contributed by atoms with van der Waals surface area (Å²) in [5.41, 5.74) is 5.11. The van der Waals surface area contributed by atoms with Crippen LogP contribution in [0.4, 0.5) is 18.9 Å². The molecule has 0 saturated heterocycles. The van der Waals surface area contributed by atoms with Crippen molar-refractivity contribution in [1.82, 2.24) is 10.1 Å². The number of benzene rings is 2. The van der Waals surface area contributed by atoms with Crippen molar-refractivity contribution in [3.8, 4) is 11.4 Å². The van der Waals surface area contributed by atoms with E-state index in [0.717, 1.165) is 29.5 Å². The molecule has 1 atom stereocenters. The molecule has 1 aliphatic carbocycles. The van der Waals surface area contributed by atoms with Crippen LogP contribution in [-0.2, 0) is 20.9 Å². The number of halogens is 3. The average molecular weight is 634 g/mol. The molecule has 0 spiro atoms. The number of hydrogen-bond donors (Lipinski definition) is 2. The minimum Gasteiger partial charge on any atom is -0.333 e. The van der Waals surface area contributed by atoms with E-state index in [1.165, 1.54) is 14.0 Å². The molecular weight excluding hydrogens is 596 g/mol. The minimum absolute atomic E-state index is 0.0687. The Balaban J connectivity index is 0.00000127. The smallest absolute Gasteiger partial charge is 0.0195 e. The molecule has 44 heavy (non-hydrogen) atoms.